The second-order valence-corrected chi connectivity index (χ2v) is 8.99. The van der Waals surface area contributed by atoms with Crippen LogP contribution in [0.2, 0.25) is 0 Å². The van der Waals surface area contributed by atoms with Gasteiger partial charge in [-0.1, -0.05) is 115 Å². The molecule has 160 valence electrons. The van der Waals surface area contributed by atoms with Crippen molar-refractivity contribution in [2.45, 2.75) is 24.3 Å². The Morgan fingerprint density at radius 1 is 0.727 bits per heavy atom. The SMILES string of the molecule is O=C1N(Cc2ccccc2)c2ccccc2[C@]12CC(c1ccccc1)=C[C@@H]2c1ccccc1. The van der Waals surface area contributed by atoms with Crippen LogP contribution in [0.3, 0.4) is 0 Å². The molecule has 2 aliphatic rings. The number of amides is 1. The second-order valence-electron chi connectivity index (χ2n) is 8.99. The number of hydrogen-bond acceptors (Lipinski definition) is 1. The number of hydrogen-bond donors (Lipinski definition) is 0. The van der Waals surface area contributed by atoms with Gasteiger partial charge in [-0.15, -0.1) is 0 Å². The number of fused-ring (bicyclic) bond motifs is 2. The van der Waals surface area contributed by atoms with Crippen molar-refractivity contribution in [2.75, 3.05) is 4.90 Å². The number of carbonyl (C=O) groups excluding carboxylic acids is 1. The minimum atomic E-state index is -0.627. The van der Waals surface area contributed by atoms with Crippen molar-refractivity contribution >= 4 is 17.2 Å². The molecule has 2 atom stereocenters. The molecule has 2 heteroatoms. The van der Waals surface area contributed by atoms with Crippen LogP contribution in [0, 0.1) is 0 Å². The molecule has 0 saturated carbocycles. The summed E-state index contributed by atoms with van der Waals surface area (Å²) in [5.41, 5.74) is 6.32. The van der Waals surface area contributed by atoms with E-state index in [9.17, 15) is 4.79 Å². The minimum absolute atomic E-state index is 0.0108. The van der Waals surface area contributed by atoms with Crippen molar-refractivity contribution in [3.63, 3.8) is 0 Å². The van der Waals surface area contributed by atoms with Gasteiger partial charge in [0.05, 0.1) is 12.0 Å². The molecule has 6 rings (SSSR count). The Hall–Kier alpha value is -3.91. The topological polar surface area (TPSA) is 20.3 Å². The molecule has 4 aromatic carbocycles. The molecule has 1 amide bonds. The van der Waals surface area contributed by atoms with Crippen molar-refractivity contribution in [2.24, 2.45) is 0 Å². The van der Waals surface area contributed by atoms with Gasteiger partial charge in [-0.2, -0.15) is 0 Å². The fourth-order valence-electron chi connectivity index (χ4n) is 5.65. The standard InChI is InChI=1S/C31H25NO/c33-30-31(27-18-10-11-19-29(27)32(30)22-23-12-4-1-5-13-23)21-26(24-14-6-2-7-15-24)20-28(31)25-16-8-3-9-17-25/h1-20,28H,21-22H2/t28-,31+/m1/s1. The van der Waals surface area contributed by atoms with Crippen LogP contribution < -0.4 is 4.90 Å². The maximum absolute atomic E-state index is 14.4. The first-order chi connectivity index (χ1) is 16.3. The zero-order chi connectivity index (χ0) is 22.3. The molecule has 0 N–H and O–H groups in total. The van der Waals surface area contributed by atoms with Gasteiger partial charge in [-0.3, -0.25) is 4.79 Å². The number of rotatable bonds is 4. The highest BCUT2D eigenvalue weighted by Crippen LogP contribution is 2.59. The van der Waals surface area contributed by atoms with Crippen molar-refractivity contribution in [3.8, 4) is 0 Å². The summed E-state index contributed by atoms with van der Waals surface area (Å²) in [7, 11) is 0. The molecular formula is C31H25NO. The largest absolute Gasteiger partial charge is 0.307 e. The van der Waals surface area contributed by atoms with Crippen molar-refractivity contribution < 1.29 is 4.79 Å². The van der Waals surface area contributed by atoms with Gasteiger partial charge in [0.25, 0.3) is 0 Å². The summed E-state index contributed by atoms with van der Waals surface area (Å²) in [6, 6.07) is 39.7. The highest BCUT2D eigenvalue weighted by atomic mass is 16.2. The minimum Gasteiger partial charge on any atom is -0.307 e. The van der Waals surface area contributed by atoms with E-state index in [1.54, 1.807) is 0 Å². The first-order valence-corrected chi connectivity index (χ1v) is 11.5. The number of benzene rings is 4. The Bertz CT molecular complexity index is 1330. The molecule has 0 saturated heterocycles. The van der Waals surface area contributed by atoms with E-state index in [-0.39, 0.29) is 11.8 Å². The van der Waals surface area contributed by atoms with E-state index < -0.39 is 5.41 Å². The summed E-state index contributed by atoms with van der Waals surface area (Å²) < 4.78 is 0. The van der Waals surface area contributed by atoms with Gasteiger partial charge >= 0.3 is 0 Å². The molecule has 4 aromatic rings. The lowest BCUT2D eigenvalue weighted by Crippen LogP contribution is -2.42. The number of anilines is 1. The van der Waals surface area contributed by atoms with E-state index in [2.05, 4.69) is 84.9 Å². The molecule has 0 radical (unpaired) electrons. The van der Waals surface area contributed by atoms with E-state index in [4.69, 9.17) is 0 Å². The summed E-state index contributed by atoms with van der Waals surface area (Å²) in [5.74, 6) is 0.187. The fraction of sp³-hybridized carbons (Fsp3) is 0.129. The van der Waals surface area contributed by atoms with Crippen LogP contribution in [-0.2, 0) is 16.8 Å². The molecule has 2 nitrogen and oxygen atoms in total. The van der Waals surface area contributed by atoms with Crippen LogP contribution in [-0.4, -0.2) is 5.91 Å². The maximum Gasteiger partial charge on any atom is 0.239 e. The highest BCUT2D eigenvalue weighted by molar-refractivity contribution is 6.11. The third kappa shape index (κ3) is 3.14. The van der Waals surface area contributed by atoms with Crippen LogP contribution in [0.25, 0.3) is 5.57 Å². The normalized spacial score (nSPS) is 21.3. The van der Waals surface area contributed by atoms with E-state index in [1.165, 1.54) is 16.7 Å². The van der Waals surface area contributed by atoms with Gasteiger partial charge < -0.3 is 4.90 Å². The second kappa shape index (κ2) is 7.90. The quantitative estimate of drug-likeness (QED) is 0.353. The zero-order valence-electron chi connectivity index (χ0n) is 18.4. The third-order valence-electron chi connectivity index (χ3n) is 7.16. The molecule has 0 unspecified atom stereocenters. The molecule has 0 aromatic heterocycles. The predicted molar refractivity (Wildman–Crippen MR) is 134 cm³/mol. The lowest BCUT2D eigenvalue weighted by molar-refractivity contribution is -0.123. The van der Waals surface area contributed by atoms with Gasteiger partial charge in [0.2, 0.25) is 5.91 Å². The predicted octanol–water partition coefficient (Wildman–Crippen LogP) is 6.74. The van der Waals surface area contributed by atoms with Gasteiger partial charge in [0.15, 0.2) is 0 Å². The Balaban J connectivity index is 1.51. The summed E-state index contributed by atoms with van der Waals surface area (Å²) in [6.45, 7) is 0.584. The van der Waals surface area contributed by atoms with Crippen LogP contribution >= 0.6 is 0 Å². The molecular weight excluding hydrogens is 402 g/mol. The van der Waals surface area contributed by atoms with Gasteiger partial charge in [0, 0.05) is 11.6 Å². The Labute approximate surface area is 194 Å². The van der Waals surface area contributed by atoms with Crippen molar-refractivity contribution in [1.29, 1.82) is 0 Å². The van der Waals surface area contributed by atoms with E-state index in [0.717, 1.165) is 16.8 Å². The number of nitrogens with zero attached hydrogens (tertiary/aromatic N) is 1. The average Bonchev–Trinajstić information content (AvgIpc) is 3.40. The lowest BCUT2D eigenvalue weighted by Gasteiger charge is -2.31. The van der Waals surface area contributed by atoms with E-state index >= 15 is 0 Å². The molecule has 33 heavy (non-hydrogen) atoms. The monoisotopic (exact) mass is 427 g/mol. The highest BCUT2D eigenvalue weighted by Gasteiger charge is 2.57. The zero-order valence-corrected chi connectivity index (χ0v) is 18.4. The Morgan fingerprint density at radius 2 is 1.33 bits per heavy atom. The Morgan fingerprint density at radius 3 is 2.06 bits per heavy atom. The number of carbonyl (C=O) groups is 1. The Kier molecular flexibility index (Phi) is 4.73. The summed E-state index contributed by atoms with van der Waals surface area (Å²) in [5, 5.41) is 0. The average molecular weight is 428 g/mol. The number of allylic oxidation sites excluding steroid dienone is 2. The van der Waals surface area contributed by atoms with E-state index in [1.807, 2.05) is 41.3 Å². The van der Waals surface area contributed by atoms with Crippen LogP contribution in [0.4, 0.5) is 5.69 Å². The lowest BCUT2D eigenvalue weighted by atomic mass is 9.69. The van der Waals surface area contributed by atoms with Gasteiger partial charge in [-0.05, 0) is 40.3 Å². The van der Waals surface area contributed by atoms with Crippen molar-refractivity contribution in [1.82, 2.24) is 0 Å². The van der Waals surface area contributed by atoms with E-state index in [0.29, 0.717) is 13.0 Å². The maximum atomic E-state index is 14.4. The first-order valence-electron chi connectivity index (χ1n) is 11.5. The molecule has 0 bridgehead atoms. The molecule has 1 spiro atoms. The molecule has 0 fully saturated rings. The van der Waals surface area contributed by atoms with Crippen molar-refractivity contribution in [3.05, 3.63) is 144 Å². The van der Waals surface area contributed by atoms with Gasteiger partial charge in [-0.25, -0.2) is 0 Å². The van der Waals surface area contributed by atoms with Gasteiger partial charge in [0.1, 0.15) is 0 Å². The molecule has 1 aliphatic carbocycles. The third-order valence-corrected chi connectivity index (χ3v) is 7.16. The molecule has 1 heterocycles. The fourth-order valence-corrected chi connectivity index (χ4v) is 5.65. The molecule has 1 aliphatic heterocycles. The smallest absolute Gasteiger partial charge is 0.239 e. The van der Waals surface area contributed by atoms with Crippen LogP contribution in [0.5, 0.6) is 0 Å². The van der Waals surface area contributed by atoms with Crippen LogP contribution in [0.15, 0.2) is 121 Å². The summed E-state index contributed by atoms with van der Waals surface area (Å²) in [4.78, 5) is 16.4. The summed E-state index contributed by atoms with van der Waals surface area (Å²) >= 11 is 0. The van der Waals surface area contributed by atoms with Crippen LogP contribution in [0.1, 0.15) is 34.6 Å². The summed E-state index contributed by atoms with van der Waals surface area (Å²) in [6.07, 6.45) is 3.04. The first kappa shape index (κ1) is 19.8. The number of para-hydroxylation sites is 1.